The molecule has 1 unspecified atom stereocenters. The van der Waals surface area contributed by atoms with E-state index in [9.17, 15) is 5.11 Å². The van der Waals surface area contributed by atoms with E-state index >= 15 is 0 Å². The average molecular weight is 342 g/mol. The molecule has 0 spiro atoms. The minimum atomic E-state index is -0.934. The predicted molar refractivity (Wildman–Crippen MR) is 89.2 cm³/mol. The fraction of sp³-hybridized carbons (Fsp3) is 0.167. The maximum absolute atomic E-state index is 10.7. The molecule has 3 aromatic rings. The molecule has 1 aromatic heterocycles. The minimum Gasteiger partial charge on any atom is -0.385 e. The Labute approximate surface area is 132 Å². The zero-order chi connectivity index (χ0) is 14.9. The van der Waals surface area contributed by atoms with Crippen molar-refractivity contribution in [2.24, 2.45) is 0 Å². The first-order valence-electron chi connectivity index (χ1n) is 6.88. The minimum absolute atomic E-state index is 0.486. The lowest BCUT2D eigenvalue weighted by atomic mass is 9.91. The van der Waals surface area contributed by atoms with Crippen LogP contribution in [0.2, 0.25) is 0 Å². The molecule has 0 saturated heterocycles. The van der Waals surface area contributed by atoms with E-state index in [1.165, 1.54) is 0 Å². The van der Waals surface area contributed by atoms with Gasteiger partial charge in [-0.15, -0.1) is 0 Å². The van der Waals surface area contributed by atoms with Gasteiger partial charge in [0, 0.05) is 22.0 Å². The highest BCUT2D eigenvalue weighted by Gasteiger charge is 2.24. The van der Waals surface area contributed by atoms with Crippen molar-refractivity contribution in [1.82, 2.24) is 4.98 Å². The zero-order valence-corrected chi connectivity index (χ0v) is 13.3. The second-order valence-electron chi connectivity index (χ2n) is 5.45. The summed E-state index contributed by atoms with van der Waals surface area (Å²) in [6.07, 6.45) is 0.486. The summed E-state index contributed by atoms with van der Waals surface area (Å²) in [6, 6.07) is 19.8. The van der Waals surface area contributed by atoms with E-state index < -0.39 is 5.60 Å². The molecule has 0 radical (unpaired) electrons. The zero-order valence-electron chi connectivity index (χ0n) is 11.8. The molecule has 21 heavy (non-hydrogen) atoms. The lowest BCUT2D eigenvalue weighted by molar-refractivity contribution is 0.0567. The summed E-state index contributed by atoms with van der Waals surface area (Å²) >= 11 is 3.41. The van der Waals surface area contributed by atoms with Gasteiger partial charge in [0.05, 0.1) is 11.1 Å². The van der Waals surface area contributed by atoms with Crippen LogP contribution < -0.4 is 0 Å². The van der Waals surface area contributed by atoms with Gasteiger partial charge in [-0.2, -0.15) is 0 Å². The van der Waals surface area contributed by atoms with E-state index in [-0.39, 0.29) is 0 Å². The highest BCUT2D eigenvalue weighted by molar-refractivity contribution is 9.10. The Bertz CT molecular complexity index is 766. The Morgan fingerprint density at radius 2 is 1.71 bits per heavy atom. The fourth-order valence-corrected chi connectivity index (χ4v) is 2.73. The van der Waals surface area contributed by atoms with Crippen LogP contribution in [0.15, 0.2) is 65.1 Å². The van der Waals surface area contributed by atoms with Gasteiger partial charge < -0.3 is 5.11 Å². The number of aliphatic hydroxyl groups is 1. The Morgan fingerprint density at radius 1 is 1.00 bits per heavy atom. The number of halogens is 1. The van der Waals surface area contributed by atoms with E-state index in [2.05, 4.69) is 27.0 Å². The molecular weight excluding hydrogens is 326 g/mol. The molecule has 0 aliphatic heterocycles. The van der Waals surface area contributed by atoms with E-state index in [1.807, 2.05) is 61.5 Å². The number of para-hydroxylation sites is 1. The van der Waals surface area contributed by atoms with Crippen LogP contribution >= 0.6 is 15.9 Å². The Balaban J connectivity index is 1.91. The van der Waals surface area contributed by atoms with Gasteiger partial charge in [0.25, 0.3) is 0 Å². The molecule has 0 bridgehead atoms. The van der Waals surface area contributed by atoms with Gasteiger partial charge >= 0.3 is 0 Å². The van der Waals surface area contributed by atoms with Crippen LogP contribution in [0.25, 0.3) is 10.9 Å². The van der Waals surface area contributed by atoms with Crippen molar-refractivity contribution in [3.05, 3.63) is 76.4 Å². The Kier molecular flexibility index (Phi) is 3.79. The Hall–Kier alpha value is -1.71. The molecule has 0 aliphatic rings. The molecule has 2 nitrogen and oxygen atoms in total. The number of pyridine rings is 1. The van der Waals surface area contributed by atoms with Crippen LogP contribution in [0.3, 0.4) is 0 Å². The molecule has 0 amide bonds. The summed E-state index contributed by atoms with van der Waals surface area (Å²) in [5, 5.41) is 11.9. The second kappa shape index (κ2) is 5.58. The molecular formula is C18H16BrNO. The summed E-state index contributed by atoms with van der Waals surface area (Å²) in [5.41, 5.74) is 1.81. The molecule has 106 valence electrons. The maximum Gasteiger partial charge on any atom is 0.0923 e. The largest absolute Gasteiger partial charge is 0.385 e. The molecule has 1 N–H and O–H groups in total. The van der Waals surface area contributed by atoms with Crippen LogP contribution in [0.5, 0.6) is 0 Å². The van der Waals surface area contributed by atoms with Gasteiger partial charge in [0.1, 0.15) is 0 Å². The SMILES string of the molecule is CC(O)(Cc1ccc2ccccc2n1)c1ccc(Br)cc1. The lowest BCUT2D eigenvalue weighted by Crippen LogP contribution is -2.24. The second-order valence-corrected chi connectivity index (χ2v) is 6.37. The number of rotatable bonds is 3. The van der Waals surface area contributed by atoms with E-state index in [0.717, 1.165) is 26.6 Å². The maximum atomic E-state index is 10.7. The number of hydrogen-bond donors (Lipinski definition) is 1. The fourth-order valence-electron chi connectivity index (χ4n) is 2.47. The first kappa shape index (κ1) is 14.2. The molecule has 0 saturated carbocycles. The van der Waals surface area contributed by atoms with E-state index in [4.69, 9.17) is 0 Å². The molecule has 3 rings (SSSR count). The van der Waals surface area contributed by atoms with Gasteiger partial charge in [0.15, 0.2) is 0 Å². The van der Waals surface area contributed by atoms with Crippen molar-refractivity contribution < 1.29 is 5.11 Å². The van der Waals surface area contributed by atoms with Crippen molar-refractivity contribution in [3.63, 3.8) is 0 Å². The predicted octanol–water partition coefficient (Wildman–Crippen LogP) is 4.45. The first-order valence-corrected chi connectivity index (χ1v) is 7.67. The van der Waals surface area contributed by atoms with Gasteiger partial charge in [-0.3, -0.25) is 4.98 Å². The van der Waals surface area contributed by atoms with E-state index in [1.54, 1.807) is 0 Å². The van der Waals surface area contributed by atoms with Gasteiger partial charge in [0.2, 0.25) is 0 Å². The third kappa shape index (κ3) is 3.14. The van der Waals surface area contributed by atoms with Crippen LogP contribution in [-0.2, 0) is 12.0 Å². The lowest BCUT2D eigenvalue weighted by Gasteiger charge is -2.23. The Morgan fingerprint density at radius 3 is 2.48 bits per heavy atom. The number of nitrogens with zero attached hydrogens (tertiary/aromatic N) is 1. The van der Waals surface area contributed by atoms with Crippen LogP contribution in [0.4, 0.5) is 0 Å². The number of benzene rings is 2. The van der Waals surface area contributed by atoms with Crippen molar-refractivity contribution in [3.8, 4) is 0 Å². The van der Waals surface area contributed by atoms with Crippen molar-refractivity contribution in [2.75, 3.05) is 0 Å². The normalized spacial score (nSPS) is 14.0. The third-order valence-corrected chi connectivity index (χ3v) is 4.18. The standard InChI is InChI=1S/C18H16BrNO/c1-18(21,14-7-9-15(19)10-8-14)12-16-11-6-13-4-2-3-5-17(13)20-16/h2-11,21H,12H2,1H3. The van der Waals surface area contributed by atoms with E-state index in [0.29, 0.717) is 6.42 Å². The smallest absolute Gasteiger partial charge is 0.0923 e. The summed E-state index contributed by atoms with van der Waals surface area (Å²) < 4.78 is 1.01. The van der Waals surface area contributed by atoms with Gasteiger partial charge in [-0.1, -0.05) is 52.3 Å². The highest BCUT2D eigenvalue weighted by atomic mass is 79.9. The summed E-state index contributed by atoms with van der Waals surface area (Å²) in [6.45, 7) is 1.83. The summed E-state index contributed by atoms with van der Waals surface area (Å²) in [4.78, 5) is 4.63. The molecule has 1 atom stereocenters. The molecule has 0 fully saturated rings. The molecule has 3 heteroatoms. The molecule has 0 aliphatic carbocycles. The monoisotopic (exact) mass is 341 g/mol. The van der Waals surface area contributed by atoms with Crippen LogP contribution in [0, 0.1) is 0 Å². The molecule has 2 aromatic carbocycles. The highest BCUT2D eigenvalue weighted by Crippen LogP contribution is 2.26. The van der Waals surface area contributed by atoms with Crippen LogP contribution in [0.1, 0.15) is 18.2 Å². The summed E-state index contributed by atoms with van der Waals surface area (Å²) in [7, 11) is 0. The number of aromatic nitrogens is 1. The van der Waals surface area contributed by atoms with Gasteiger partial charge in [-0.05, 0) is 36.8 Å². The van der Waals surface area contributed by atoms with Crippen LogP contribution in [-0.4, -0.2) is 10.1 Å². The quantitative estimate of drug-likeness (QED) is 0.763. The van der Waals surface area contributed by atoms with Gasteiger partial charge in [-0.25, -0.2) is 0 Å². The average Bonchev–Trinajstić information content (AvgIpc) is 2.47. The first-order chi connectivity index (χ1) is 10.0. The third-order valence-electron chi connectivity index (χ3n) is 3.65. The molecule has 1 heterocycles. The number of hydrogen-bond acceptors (Lipinski definition) is 2. The number of fused-ring (bicyclic) bond motifs is 1. The van der Waals surface area contributed by atoms with Crippen molar-refractivity contribution >= 4 is 26.8 Å². The van der Waals surface area contributed by atoms with Crippen molar-refractivity contribution in [2.45, 2.75) is 18.9 Å². The summed E-state index contributed by atoms with van der Waals surface area (Å²) in [5.74, 6) is 0. The topological polar surface area (TPSA) is 33.1 Å². The van der Waals surface area contributed by atoms with Crippen molar-refractivity contribution in [1.29, 1.82) is 0 Å².